The minimum Gasteiger partial charge on any atom is -0.482 e. The van der Waals surface area contributed by atoms with Crippen LogP contribution in [0.5, 0.6) is 5.75 Å². The first-order chi connectivity index (χ1) is 17.7. The lowest BCUT2D eigenvalue weighted by atomic mass is 9.99. The van der Waals surface area contributed by atoms with Crippen molar-refractivity contribution in [3.8, 4) is 16.9 Å². The number of aryl methyl sites for hydroxylation is 1. The molecule has 1 N–H and O–H groups in total. The standard InChI is InChI=1S/C30H25F3O3S/c1-20-17-26(15-16-27(20)36-19-29(34)35)37-28(18-21-5-3-2-4-6-21)24-9-7-22(8-10-24)23-11-13-25(14-12-23)30(31,32)33/h2-17,28H,18-19H2,1H3,(H,34,35). The Kier molecular flexibility index (Phi) is 8.24. The first-order valence-electron chi connectivity index (χ1n) is 11.6. The van der Waals surface area contributed by atoms with Gasteiger partial charge < -0.3 is 9.84 Å². The molecule has 0 aromatic heterocycles. The summed E-state index contributed by atoms with van der Waals surface area (Å²) in [5, 5.41) is 8.95. The van der Waals surface area contributed by atoms with Crippen LogP contribution in [0.2, 0.25) is 0 Å². The largest absolute Gasteiger partial charge is 0.482 e. The second kappa shape index (κ2) is 11.6. The maximum Gasteiger partial charge on any atom is 0.416 e. The summed E-state index contributed by atoms with van der Waals surface area (Å²) < 4.78 is 44.1. The molecule has 37 heavy (non-hydrogen) atoms. The molecule has 0 radical (unpaired) electrons. The molecule has 0 aliphatic carbocycles. The van der Waals surface area contributed by atoms with Gasteiger partial charge in [0.15, 0.2) is 6.61 Å². The first-order valence-corrected chi connectivity index (χ1v) is 12.5. The number of halogens is 3. The third kappa shape index (κ3) is 7.17. The van der Waals surface area contributed by atoms with Gasteiger partial charge in [-0.2, -0.15) is 13.2 Å². The second-order valence-electron chi connectivity index (χ2n) is 8.60. The van der Waals surface area contributed by atoms with Crippen LogP contribution in [0.15, 0.2) is 102 Å². The average Bonchev–Trinajstić information content (AvgIpc) is 2.88. The number of aliphatic carboxylic acids is 1. The molecule has 0 saturated heterocycles. The fourth-order valence-electron chi connectivity index (χ4n) is 3.96. The Morgan fingerprint density at radius 2 is 1.51 bits per heavy atom. The van der Waals surface area contributed by atoms with Crippen LogP contribution in [0.1, 0.15) is 27.5 Å². The molecule has 4 rings (SSSR count). The highest BCUT2D eigenvalue weighted by molar-refractivity contribution is 7.99. The molecular formula is C30H25F3O3S. The highest BCUT2D eigenvalue weighted by atomic mass is 32.2. The van der Waals surface area contributed by atoms with Gasteiger partial charge in [-0.15, -0.1) is 11.8 Å². The van der Waals surface area contributed by atoms with E-state index < -0.39 is 24.3 Å². The van der Waals surface area contributed by atoms with Gasteiger partial charge in [0, 0.05) is 10.1 Å². The quantitative estimate of drug-likeness (QED) is 0.225. The molecule has 0 aliphatic rings. The molecule has 4 aromatic rings. The zero-order chi connectivity index (χ0) is 26.4. The van der Waals surface area contributed by atoms with Gasteiger partial charge >= 0.3 is 12.1 Å². The molecule has 0 aliphatic heterocycles. The van der Waals surface area contributed by atoms with Gasteiger partial charge in [-0.05, 0) is 71.5 Å². The topological polar surface area (TPSA) is 46.5 Å². The molecular weight excluding hydrogens is 497 g/mol. The number of alkyl halides is 3. The van der Waals surface area contributed by atoms with Gasteiger partial charge in [0.25, 0.3) is 0 Å². The molecule has 0 heterocycles. The number of carboxylic acids is 1. The number of ether oxygens (including phenoxy) is 1. The minimum atomic E-state index is -4.36. The van der Waals surface area contributed by atoms with Gasteiger partial charge in [-0.3, -0.25) is 0 Å². The van der Waals surface area contributed by atoms with Crippen molar-refractivity contribution >= 4 is 17.7 Å². The van der Waals surface area contributed by atoms with Crippen molar-refractivity contribution in [3.05, 3.63) is 119 Å². The normalized spacial score (nSPS) is 12.2. The van der Waals surface area contributed by atoms with Crippen LogP contribution < -0.4 is 4.74 Å². The smallest absolute Gasteiger partial charge is 0.416 e. The Hall–Kier alpha value is -3.71. The molecule has 7 heteroatoms. The van der Waals surface area contributed by atoms with E-state index >= 15 is 0 Å². The van der Waals surface area contributed by atoms with Crippen molar-refractivity contribution in [3.63, 3.8) is 0 Å². The van der Waals surface area contributed by atoms with Gasteiger partial charge in [-0.25, -0.2) is 4.79 Å². The highest BCUT2D eigenvalue weighted by Crippen LogP contribution is 2.40. The van der Waals surface area contributed by atoms with E-state index in [1.807, 2.05) is 61.5 Å². The summed E-state index contributed by atoms with van der Waals surface area (Å²) in [6, 6.07) is 28.9. The fourth-order valence-corrected chi connectivity index (χ4v) is 5.25. The van der Waals surface area contributed by atoms with Gasteiger partial charge in [-0.1, -0.05) is 66.7 Å². The Labute approximate surface area is 217 Å². The monoisotopic (exact) mass is 522 g/mol. The summed E-state index contributed by atoms with van der Waals surface area (Å²) in [6.45, 7) is 1.49. The summed E-state index contributed by atoms with van der Waals surface area (Å²) >= 11 is 1.69. The van der Waals surface area contributed by atoms with E-state index in [9.17, 15) is 18.0 Å². The zero-order valence-electron chi connectivity index (χ0n) is 20.0. The first kappa shape index (κ1) is 26.4. The Morgan fingerprint density at radius 3 is 2.08 bits per heavy atom. The number of hydrogen-bond donors (Lipinski definition) is 1. The lowest BCUT2D eigenvalue weighted by molar-refractivity contribution is -0.139. The summed E-state index contributed by atoms with van der Waals surface area (Å²) in [4.78, 5) is 11.8. The summed E-state index contributed by atoms with van der Waals surface area (Å²) in [5.41, 5.74) is 4.03. The zero-order valence-corrected chi connectivity index (χ0v) is 20.9. The van der Waals surface area contributed by atoms with E-state index in [4.69, 9.17) is 9.84 Å². The predicted octanol–water partition coefficient (Wildman–Crippen LogP) is 8.22. The van der Waals surface area contributed by atoms with E-state index in [0.717, 1.165) is 45.7 Å². The van der Waals surface area contributed by atoms with Crippen LogP contribution in [0, 0.1) is 6.92 Å². The maximum absolute atomic E-state index is 12.9. The molecule has 190 valence electrons. The minimum absolute atomic E-state index is 0.0780. The third-order valence-corrected chi connectivity index (χ3v) is 7.12. The van der Waals surface area contributed by atoms with Crippen molar-refractivity contribution in [2.45, 2.75) is 29.7 Å². The van der Waals surface area contributed by atoms with E-state index in [2.05, 4.69) is 12.1 Å². The summed E-state index contributed by atoms with van der Waals surface area (Å²) in [6.07, 6.45) is -3.58. The van der Waals surface area contributed by atoms with Crippen LogP contribution >= 0.6 is 11.8 Å². The predicted molar refractivity (Wildman–Crippen MR) is 140 cm³/mol. The van der Waals surface area contributed by atoms with Crippen molar-refractivity contribution in [1.29, 1.82) is 0 Å². The van der Waals surface area contributed by atoms with Gasteiger partial charge in [0.1, 0.15) is 5.75 Å². The van der Waals surface area contributed by atoms with E-state index in [-0.39, 0.29) is 5.25 Å². The number of benzene rings is 4. The Morgan fingerprint density at radius 1 is 0.892 bits per heavy atom. The molecule has 0 spiro atoms. The van der Waals surface area contributed by atoms with Crippen LogP contribution in [0.25, 0.3) is 11.1 Å². The van der Waals surface area contributed by atoms with Gasteiger partial charge in [0.2, 0.25) is 0 Å². The van der Waals surface area contributed by atoms with Crippen molar-refractivity contribution in [1.82, 2.24) is 0 Å². The molecule has 1 atom stereocenters. The molecule has 3 nitrogen and oxygen atoms in total. The third-order valence-electron chi connectivity index (χ3n) is 5.87. The number of carbonyl (C=O) groups is 1. The maximum atomic E-state index is 12.9. The molecule has 4 aromatic carbocycles. The molecule has 1 unspecified atom stereocenters. The number of rotatable bonds is 9. The van der Waals surface area contributed by atoms with Gasteiger partial charge in [0.05, 0.1) is 5.56 Å². The SMILES string of the molecule is Cc1cc(SC(Cc2ccccc2)c2ccc(-c3ccc(C(F)(F)F)cc3)cc2)ccc1OCC(=O)O. The Bertz CT molecular complexity index is 1340. The summed E-state index contributed by atoms with van der Waals surface area (Å²) in [7, 11) is 0. The molecule has 0 amide bonds. The fraction of sp³-hybridized carbons (Fsp3) is 0.167. The summed E-state index contributed by atoms with van der Waals surface area (Å²) in [5.74, 6) is -0.493. The molecule has 0 saturated carbocycles. The molecule has 0 fully saturated rings. The lowest BCUT2D eigenvalue weighted by Crippen LogP contribution is -2.10. The molecule has 0 bridgehead atoms. The lowest BCUT2D eigenvalue weighted by Gasteiger charge is -2.19. The van der Waals surface area contributed by atoms with E-state index in [1.54, 1.807) is 17.8 Å². The highest BCUT2D eigenvalue weighted by Gasteiger charge is 2.30. The van der Waals surface area contributed by atoms with Crippen LogP contribution in [0.4, 0.5) is 13.2 Å². The van der Waals surface area contributed by atoms with Crippen LogP contribution in [-0.4, -0.2) is 17.7 Å². The average molecular weight is 523 g/mol. The number of carboxylic acid groups (broad SMARTS) is 1. The van der Waals surface area contributed by atoms with Crippen molar-refractivity contribution in [2.24, 2.45) is 0 Å². The Balaban J connectivity index is 1.57. The van der Waals surface area contributed by atoms with Crippen molar-refractivity contribution < 1.29 is 27.8 Å². The van der Waals surface area contributed by atoms with E-state index in [0.29, 0.717) is 5.75 Å². The second-order valence-corrected chi connectivity index (χ2v) is 9.88. The number of hydrogen-bond acceptors (Lipinski definition) is 3. The van der Waals surface area contributed by atoms with Crippen molar-refractivity contribution in [2.75, 3.05) is 6.61 Å². The van der Waals surface area contributed by atoms with Crippen LogP contribution in [0.3, 0.4) is 0 Å². The van der Waals surface area contributed by atoms with E-state index in [1.165, 1.54) is 17.7 Å². The van der Waals surface area contributed by atoms with Crippen LogP contribution in [-0.2, 0) is 17.4 Å². The number of thioether (sulfide) groups is 1.